The van der Waals surface area contributed by atoms with Crippen LogP contribution in [0.5, 0.6) is 0 Å². The smallest absolute Gasteiger partial charge is 0.231 e. The number of hydrogen-bond acceptors (Lipinski definition) is 4. The molecule has 4 nitrogen and oxygen atoms in total. The van der Waals surface area contributed by atoms with Gasteiger partial charge >= 0.3 is 0 Å². The summed E-state index contributed by atoms with van der Waals surface area (Å²) >= 11 is 1.65. The lowest BCUT2D eigenvalue weighted by molar-refractivity contribution is -0.126. The molecule has 0 bridgehead atoms. The van der Waals surface area contributed by atoms with Gasteiger partial charge in [0, 0.05) is 16.5 Å². The van der Waals surface area contributed by atoms with Crippen molar-refractivity contribution in [1.29, 1.82) is 0 Å². The molecule has 4 rings (SSSR count). The number of aromatic nitrogens is 1. The van der Waals surface area contributed by atoms with Crippen molar-refractivity contribution in [3.63, 3.8) is 0 Å². The first-order valence-corrected chi connectivity index (χ1v) is 9.59. The molecule has 0 atom stereocenters. The summed E-state index contributed by atoms with van der Waals surface area (Å²) in [6, 6.07) is 11.9. The summed E-state index contributed by atoms with van der Waals surface area (Å²) in [6.07, 6.45) is 3.92. The maximum Gasteiger partial charge on any atom is 0.231 e. The minimum atomic E-state index is -0.405. The molecule has 0 saturated heterocycles. The average Bonchev–Trinajstić information content (AvgIpc) is 3.41. The van der Waals surface area contributed by atoms with Crippen LogP contribution >= 0.6 is 11.3 Å². The van der Waals surface area contributed by atoms with Crippen LogP contribution in [-0.4, -0.2) is 11.1 Å². The standard InChI is InChI=1S/C20H19FN2O2S/c21-15-7-5-14(6-8-15)17-12-16(23-25-17)13-22-19(24)20(9-1-2-10-20)18-4-3-11-26-18/h3-8,11-12H,1-2,9-10,13H2,(H,22,24). The van der Waals surface area contributed by atoms with Crippen LogP contribution in [0, 0.1) is 5.82 Å². The van der Waals surface area contributed by atoms with Crippen LogP contribution in [0.3, 0.4) is 0 Å². The van der Waals surface area contributed by atoms with Gasteiger partial charge in [0.1, 0.15) is 11.5 Å². The van der Waals surface area contributed by atoms with Crippen molar-refractivity contribution in [3.05, 3.63) is 64.2 Å². The number of benzene rings is 1. The van der Waals surface area contributed by atoms with Crippen LogP contribution in [0.15, 0.2) is 52.4 Å². The molecule has 1 aliphatic carbocycles. The van der Waals surface area contributed by atoms with Gasteiger partial charge in [-0.1, -0.05) is 24.1 Å². The second kappa shape index (κ2) is 7.03. The van der Waals surface area contributed by atoms with Crippen molar-refractivity contribution in [3.8, 4) is 11.3 Å². The fourth-order valence-corrected chi connectivity index (χ4v) is 4.58. The van der Waals surface area contributed by atoms with Gasteiger partial charge < -0.3 is 9.84 Å². The Morgan fingerprint density at radius 3 is 2.69 bits per heavy atom. The number of amides is 1. The summed E-state index contributed by atoms with van der Waals surface area (Å²) < 4.78 is 18.3. The first-order chi connectivity index (χ1) is 12.7. The van der Waals surface area contributed by atoms with E-state index in [1.54, 1.807) is 29.5 Å². The van der Waals surface area contributed by atoms with Gasteiger partial charge in [0.2, 0.25) is 5.91 Å². The molecule has 26 heavy (non-hydrogen) atoms. The molecule has 1 aliphatic rings. The van der Waals surface area contributed by atoms with E-state index in [-0.39, 0.29) is 11.7 Å². The van der Waals surface area contributed by atoms with Gasteiger partial charge in [-0.3, -0.25) is 4.79 Å². The number of nitrogens with zero attached hydrogens (tertiary/aromatic N) is 1. The monoisotopic (exact) mass is 370 g/mol. The summed E-state index contributed by atoms with van der Waals surface area (Å²) in [5.41, 5.74) is 0.997. The molecule has 1 aromatic carbocycles. The summed E-state index contributed by atoms with van der Waals surface area (Å²) in [4.78, 5) is 14.1. The van der Waals surface area contributed by atoms with E-state index in [0.29, 0.717) is 18.0 Å². The molecule has 2 heterocycles. The number of nitrogens with one attached hydrogen (secondary N) is 1. The summed E-state index contributed by atoms with van der Waals surface area (Å²) in [7, 11) is 0. The molecule has 3 aromatic rings. The third-order valence-electron chi connectivity index (χ3n) is 5.00. The molecule has 0 unspecified atom stereocenters. The van der Waals surface area contributed by atoms with E-state index < -0.39 is 5.41 Å². The Kier molecular flexibility index (Phi) is 4.59. The molecule has 134 valence electrons. The lowest BCUT2D eigenvalue weighted by Crippen LogP contribution is -2.41. The first-order valence-electron chi connectivity index (χ1n) is 8.71. The maximum atomic E-state index is 13.0. The zero-order chi connectivity index (χ0) is 18.0. The second-order valence-corrected chi connectivity index (χ2v) is 7.59. The normalized spacial score (nSPS) is 15.9. The molecular weight excluding hydrogens is 351 g/mol. The molecule has 6 heteroatoms. The quantitative estimate of drug-likeness (QED) is 0.710. The van der Waals surface area contributed by atoms with E-state index in [2.05, 4.69) is 16.5 Å². The Hall–Kier alpha value is -2.47. The predicted molar refractivity (Wildman–Crippen MR) is 98.2 cm³/mol. The van der Waals surface area contributed by atoms with Crippen LogP contribution in [0.1, 0.15) is 36.3 Å². The van der Waals surface area contributed by atoms with Crippen molar-refractivity contribution in [2.24, 2.45) is 0 Å². The largest absolute Gasteiger partial charge is 0.356 e. The van der Waals surface area contributed by atoms with Crippen LogP contribution < -0.4 is 5.32 Å². The lowest BCUT2D eigenvalue weighted by Gasteiger charge is -2.26. The summed E-state index contributed by atoms with van der Waals surface area (Å²) in [5, 5.41) is 9.07. The fraction of sp³-hybridized carbons (Fsp3) is 0.300. The molecule has 2 aromatic heterocycles. The molecule has 1 saturated carbocycles. The van der Waals surface area contributed by atoms with Crippen molar-refractivity contribution < 1.29 is 13.7 Å². The van der Waals surface area contributed by atoms with Gasteiger partial charge in [-0.2, -0.15) is 0 Å². The Morgan fingerprint density at radius 2 is 2.00 bits per heavy atom. The van der Waals surface area contributed by atoms with Crippen LogP contribution in [0.2, 0.25) is 0 Å². The van der Waals surface area contributed by atoms with E-state index in [1.807, 2.05) is 11.4 Å². The van der Waals surface area contributed by atoms with E-state index in [4.69, 9.17) is 4.52 Å². The Labute approximate surface area is 155 Å². The Balaban J connectivity index is 1.45. The van der Waals surface area contributed by atoms with Crippen LogP contribution in [0.4, 0.5) is 4.39 Å². The summed E-state index contributed by atoms with van der Waals surface area (Å²) in [5.74, 6) is 0.322. The molecule has 1 N–H and O–H groups in total. The van der Waals surface area contributed by atoms with Crippen molar-refractivity contribution >= 4 is 17.2 Å². The predicted octanol–water partition coefficient (Wildman–Crippen LogP) is 4.67. The number of carbonyl (C=O) groups excluding carboxylic acids is 1. The Bertz CT molecular complexity index is 881. The number of hydrogen-bond donors (Lipinski definition) is 1. The van der Waals surface area contributed by atoms with Gasteiger partial charge in [0.05, 0.1) is 12.0 Å². The highest BCUT2D eigenvalue weighted by molar-refractivity contribution is 7.10. The fourth-order valence-electron chi connectivity index (χ4n) is 3.60. The number of rotatable bonds is 5. The first kappa shape index (κ1) is 17.0. The van der Waals surface area contributed by atoms with Crippen molar-refractivity contribution in [2.45, 2.75) is 37.6 Å². The third kappa shape index (κ3) is 3.17. The summed E-state index contributed by atoms with van der Waals surface area (Å²) in [6.45, 7) is 0.316. The maximum absolute atomic E-state index is 13.0. The highest BCUT2D eigenvalue weighted by Gasteiger charge is 2.43. The van der Waals surface area contributed by atoms with Crippen LogP contribution in [-0.2, 0) is 16.8 Å². The molecule has 1 fully saturated rings. The zero-order valence-corrected chi connectivity index (χ0v) is 15.0. The second-order valence-electron chi connectivity index (χ2n) is 6.64. The zero-order valence-electron chi connectivity index (χ0n) is 14.2. The number of halogens is 1. The molecular formula is C20H19FN2O2S. The van der Waals surface area contributed by atoms with Gasteiger partial charge in [-0.25, -0.2) is 4.39 Å². The van der Waals surface area contributed by atoms with E-state index in [0.717, 1.165) is 36.1 Å². The Morgan fingerprint density at radius 1 is 1.23 bits per heavy atom. The van der Waals surface area contributed by atoms with Gasteiger partial charge in [0.25, 0.3) is 0 Å². The molecule has 0 aliphatic heterocycles. The molecule has 0 spiro atoms. The van der Waals surface area contributed by atoms with Gasteiger partial charge in [0.15, 0.2) is 5.76 Å². The lowest BCUT2D eigenvalue weighted by atomic mass is 9.83. The molecule has 1 amide bonds. The SMILES string of the molecule is O=C(NCc1cc(-c2ccc(F)cc2)on1)C1(c2cccs2)CCCC1. The minimum Gasteiger partial charge on any atom is -0.356 e. The average molecular weight is 370 g/mol. The van der Waals surface area contributed by atoms with E-state index >= 15 is 0 Å². The number of carbonyl (C=O) groups is 1. The minimum absolute atomic E-state index is 0.0591. The van der Waals surface area contributed by atoms with Gasteiger partial charge in [-0.15, -0.1) is 11.3 Å². The highest BCUT2D eigenvalue weighted by Crippen LogP contribution is 2.43. The van der Waals surface area contributed by atoms with Crippen molar-refractivity contribution in [2.75, 3.05) is 0 Å². The van der Waals surface area contributed by atoms with E-state index in [1.165, 1.54) is 12.1 Å². The van der Waals surface area contributed by atoms with Crippen molar-refractivity contribution in [1.82, 2.24) is 10.5 Å². The molecule has 0 radical (unpaired) electrons. The number of thiophene rings is 1. The van der Waals surface area contributed by atoms with Crippen LogP contribution in [0.25, 0.3) is 11.3 Å². The highest BCUT2D eigenvalue weighted by atomic mass is 32.1. The topological polar surface area (TPSA) is 55.1 Å². The third-order valence-corrected chi connectivity index (χ3v) is 6.08. The van der Waals surface area contributed by atoms with Gasteiger partial charge in [-0.05, 0) is 48.6 Å². The van der Waals surface area contributed by atoms with E-state index in [9.17, 15) is 9.18 Å².